The monoisotopic (exact) mass is 244 g/mol. The quantitative estimate of drug-likeness (QED) is 0.641. The molecule has 0 radical (unpaired) electrons. The average Bonchev–Trinajstić information content (AvgIpc) is 2.12. The summed E-state index contributed by atoms with van der Waals surface area (Å²) >= 11 is 0.884. The Bertz CT molecular complexity index is 132. The molecule has 0 amide bonds. The van der Waals surface area contributed by atoms with Crippen molar-refractivity contribution in [3.63, 3.8) is 0 Å². The molecule has 1 aliphatic rings. The van der Waals surface area contributed by atoms with Crippen molar-refractivity contribution in [3.8, 4) is 0 Å². The fourth-order valence-electron chi connectivity index (χ4n) is 0.351. The van der Waals surface area contributed by atoms with E-state index in [-0.39, 0.29) is 4.82 Å². The second-order valence-corrected chi connectivity index (χ2v) is 7.92. The van der Waals surface area contributed by atoms with Crippen LogP contribution in [0.3, 0.4) is 0 Å². The maximum atomic E-state index is 10.2. The van der Waals surface area contributed by atoms with Crippen molar-refractivity contribution in [1.82, 2.24) is 0 Å². The van der Waals surface area contributed by atoms with Gasteiger partial charge in [0.2, 0.25) is 0 Å². The molecule has 0 saturated heterocycles. The Labute approximate surface area is 58.2 Å². The van der Waals surface area contributed by atoms with Gasteiger partial charge in [-0.15, -0.1) is 0 Å². The summed E-state index contributed by atoms with van der Waals surface area (Å²) in [4.78, 5) is 12.1. The van der Waals surface area contributed by atoms with Crippen LogP contribution in [-0.2, 0) is 4.79 Å². The molecule has 1 atom stereocenters. The molecule has 4 heteroatoms. The average molecular weight is 242 g/mol. The predicted octanol–water partition coefficient (Wildman–Crippen LogP) is -0.290. The van der Waals surface area contributed by atoms with Crippen LogP contribution >= 0.6 is 0 Å². The molecular formula is C4H4O2Se2. The van der Waals surface area contributed by atoms with Gasteiger partial charge in [-0.25, -0.2) is 0 Å². The molecule has 44 valence electrons. The molecule has 0 aromatic heterocycles. The zero-order chi connectivity index (χ0) is 5.98. The predicted molar refractivity (Wildman–Crippen MR) is 32.0 cm³/mol. The number of hydrogen-bond acceptors (Lipinski definition) is 1. The molecule has 1 aliphatic heterocycles. The summed E-state index contributed by atoms with van der Waals surface area (Å²) in [6.07, 6.45) is 1.81. The molecule has 8 heavy (non-hydrogen) atoms. The third-order valence-electron chi connectivity index (χ3n) is 0.712. The van der Waals surface area contributed by atoms with E-state index in [4.69, 9.17) is 5.11 Å². The molecule has 0 aromatic rings. The second-order valence-electron chi connectivity index (χ2n) is 1.28. The Balaban J connectivity index is 2.48. The van der Waals surface area contributed by atoms with Gasteiger partial charge in [-0.1, -0.05) is 0 Å². The summed E-state index contributed by atoms with van der Waals surface area (Å²) in [5.74, 6) is -0.652. The summed E-state index contributed by atoms with van der Waals surface area (Å²) in [6, 6.07) is 0. The number of carboxylic acids is 1. The van der Waals surface area contributed by atoms with Gasteiger partial charge in [-0.05, 0) is 0 Å². The standard InChI is InChI=1S/C4H4O2Se2/c5-4(6)3-1-2-7-8-3/h1-3H,(H,5,6). The Kier molecular flexibility index (Phi) is 2.15. The first-order valence-electron chi connectivity index (χ1n) is 2.02. The van der Waals surface area contributed by atoms with E-state index in [0.29, 0.717) is 26.3 Å². The second kappa shape index (κ2) is 2.69. The molecule has 0 aromatic carbocycles. The van der Waals surface area contributed by atoms with Gasteiger partial charge in [0.05, 0.1) is 0 Å². The number of rotatable bonds is 1. The molecule has 0 saturated carbocycles. The van der Waals surface area contributed by atoms with E-state index in [9.17, 15) is 4.79 Å². The van der Waals surface area contributed by atoms with Crippen molar-refractivity contribution in [2.45, 2.75) is 4.82 Å². The molecule has 0 spiro atoms. The van der Waals surface area contributed by atoms with Crippen LogP contribution in [0, 0.1) is 0 Å². The molecule has 1 rings (SSSR count). The van der Waals surface area contributed by atoms with Crippen molar-refractivity contribution >= 4 is 32.2 Å². The fourth-order valence-corrected chi connectivity index (χ4v) is 6.48. The van der Waals surface area contributed by atoms with Crippen LogP contribution in [0.25, 0.3) is 0 Å². The minimum absolute atomic E-state index is 0.109. The topological polar surface area (TPSA) is 37.3 Å². The molecule has 2 nitrogen and oxygen atoms in total. The Morgan fingerprint density at radius 1 is 1.75 bits per heavy atom. The van der Waals surface area contributed by atoms with Crippen LogP contribution in [0.2, 0.25) is 4.82 Å². The molecule has 1 unspecified atom stereocenters. The van der Waals surface area contributed by atoms with Gasteiger partial charge < -0.3 is 0 Å². The molecule has 1 heterocycles. The van der Waals surface area contributed by atoms with Crippen molar-refractivity contribution in [1.29, 1.82) is 0 Å². The van der Waals surface area contributed by atoms with Crippen LogP contribution in [0.5, 0.6) is 0 Å². The van der Waals surface area contributed by atoms with Crippen LogP contribution < -0.4 is 0 Å². The van der Waals surface area contributed by atoms with Crippen molar-refractivity contribution in [2.75, 3.05) is 0 Å². The van der Waals surface area contributed by atoms with Crippen molar-refractivity contribution in [2.24, 2.45) is 0 Å². The van der Waals surface area contributed by atoms with Crippen molar-refractivity contribution in [3.05, 3.63) is 11.1 Å². The third-order valence-corrected chi connectivity index (χ3v) is 7.38. The van der Waals surface area contributed by atoms with E-state index in [1.807, 2.05) is 11.1 Å². The Hall–Kier alpha value is 0.249. The zero-order valence-electron chi connectivity index (χ0n) is 3.90. The molecular weight excluding hydrogens is 238 g/mol. The van der Waals surface area contributed by atoms with Gasteiger partial charge in [0.1, 0.15) is 0 Å². The number of aliphatic carboxylic acids is 1. The van der Waals surface area contributed by atoms with Gasteiger partial charge in [0, 0.05) is 0 Å². The SMILES string of the molecule is O=C(O)C1C=C[Se][Se]1. The molecule has 0 aliphatic carbocycles. The first-order chi connectivity index (χ1) is 3.80. The summed E-state index contributed by atoms with van der Waals surface area (Å²) in [5, 5.41) is 8.39. The number of carboxylic acid groups (broad SMARTS) is 1. The number of carbonyl (C=O) groups is 1. The summed E-state index contributed by atoms with van der Waals surface area (Å²) < 4.78 is 0. The van der Waals surface area contributed by atoms with E-state index in [0.717, 1.165) is 0 Å². The van der Waals surface area contributed by atoms with Gasteiger partial charge in [0.25, 0.3) is 0 Å². The summed E-state index contributed by atoms with van der Waals surface area (Å²) in [6.45, 7) is 0. The number of hydrogen-bond donors (Lipinski definition) is 1. The van der Waals surface area contributed by atoms with Gasteiger partial charge in [0.15, 0.2) is 0 Å². The van der Waals surface area contributed by atoms with Crippen LogP contribution in [0.15, 0.2) is 11.1 Å². The molecule has 0 bridgehead atoms. The first-order valence-corrected chi connectivity index (χ1v) is 8.33. The van der Waals surface area contributed by atoms with E-state index in [1.165, 1.54) is 0 Å². The van der Waals surface area contributed by atoms with Crippen LogP contribution in [0.1, 0.15) is 0 Å². The molecule has 0 fully saturated rings. The van der Waals surface area contributed by atoms with Crippen LogP contribution in [0.4, 0.5) is 0 Å². The minimum atomic E-state index is -0.652. The van der Waals surface area contributed by atoms with E-state index < -0.39 is 5.97 Å². The van der Waals surface area contributed by atoms with E-state index in [2.05, 4.69) is 0 Å². The van der Waals surface area contributed by atoms with E-state index in [1.54, 1.807) is 0 Å². The Morgan fingerprint density at radius 2 is 2.50 bits per heavy atom. The van der Waals surface area contributed by atoms with Gasteiger partial charge in [-0.3, -0.25) is 0 Å². The van der Waals surface area contributed by atoms with Crippen LogP contribution in [-0.4, -0.2) is 37.3 Å². The van der Waals surface area contributed by atoms with E-state index >= 15 is 0 Å². The van der Waals surface area contributed by atoms with Gasteiger partial charge in [-0.2, -0.15) is 0 Å². The summed E-state index contributed by atoms with van der Waals surface area (Å²) in [7, 11) is 0. The summed E-state index contributed by atoms with van der Waals surface area (Å²) in [5.41, 5.74) is 0. The van der Waals surface area contributed by atoms with Crippen molar-refractivity contribution < 1.29 is 9.90 Å². The maximum absolute atomic E-state index is 10.2. The molecule has 1 N–H and O–H groups in total. The fraction of sp³-hybridized carbons (Fsp3) is 0.250. The van der Waals surface area contributed by atoms with Gasteiger partial charge >= 0.3 is 58.0 Å². The normalized spacial score (nSPS) is 26.2. The first kappa shape index (κ1) is 6.37. The third kappa shape index (κ3) is 1.36. The Morgan fingerprint density at radius 3 is 2.75 bits per heavy atom. The zero-order valence-corrected chi connectivity index (χ0v) is 7.33.